The fourth-order valence-corrected chi connectivity index (χ4v) is 4.11. The lowest BCUT2D eigenvalue weighted by Crippen LogP contribution is -2.03. The molecule has 1 unspecified atom stereocenters. The first kappa shape index (κ1) is 16.0. The molecular weight excluding hydrogens is 302 g/mol. The van der Waals surface area contributed by atoms with Crippen molar-refractivity contribution < 1.29 is 0 Å². The Morgan fingerprint density at radius 1 is 0.920 bits per heavy atom. The molecule has 0 aliphatic heterocycles. The number of rotatable bonds is 2. The van der Waals surface area contributed by atoms with Crippen LogP contribution in [0.3, 0.4) is 0 Å². The summed E-state index contributed by atoms with van der Waals surface area (Å²) in [5.74, 6) is 0.960. The van der Waals surface area contributed by atoms with Crippen molar-refractivity contribution in [3.05, 3.63) is 77.4 Å². The molecule has 0 saturated heterocycles. The number of fused-ring (bicyclic) bond motifs is 3. The highest BCUT2D eigenvalue weighted by Crippen LogP contribution is 2.40. The van der Waals surface area contributed by atoms with E-state index in [-0.39, 0.29) is 0 Å². The van der Waals surface area contributed by atoms with E-state index in [1.54, 1.807) is 0 Å². The highest BCUT2D eigenvalue weighted by Gasteiger charge is 2.19. The fraction of sp³-hybridized carbons (Fsp3) is 0.250. The maximum absolute atomic E-state index is 6.10. The summed E-state index contributed by atoms with van der Waals surface area (Å²) in [7, 11) is 0. The summed E-state index contributed by atoms with van der Waals surface area (Å²) in [6, 6.07) is 13.3. The minimum atomic E-state index is 0.431. The molecule has 0 bridgehead atoms. The second-order valence-electron chi connectivity index (χ2n) is 7.46. The first-order chi connectivity index (χ1) is 12.1. The van der Waals surface area contributed by atoms with Crippen LogP contribution in [-0.2, 0) is 0 Å². The van der Waals surface area contributed by atoms with Gasteiger partial charge in [0.1, 0.15) is 0 Å². The standard InChI is InChI=1S/C24H25N/c1-15(2)18-9-11-21-20-12-10-19(25)14-22(20)16(3)24(23(21)13-18)17-7-5-4-6-8-17/h4-7,9-15,17H,8,25H2,1-3H3. The number of benzene rings is 3. The molecule has 0 heterocycles. The monoisotopic (exact) mass is 327 g/mol. The minimum Gasteiger partial charge on any atom is -0.399 e. The molecule has 126 valence electrons. The van der Waals surface area contributed by atoms with E-state index in [0.717, 1.165) is 12.1 Å². The van der Waals surface area contributed by atoms with E-state index in [2.05, 4.69) is 75.4 Å². The number of aryl methyl sites for hydroxylation is 1. The van der Waals surface area contributed by atoms with Gasteiger partial charge in [-0.1, -0.05) is 62.4 Å². The van der Waals surface area contributed by atoms with E-state index in [1.165, 1.54) is 38.2 Å². The van der Waals surface area contributed by atoms with E-state index in [4.69, 9.17) is 5.73 Å². The van der Waals surface area contributed by atoms with Crippen LogP contribution < -0.4 is 5.73 Å². The summed E-state index contributed by atoms with van der Waals surface area (Å²) in [6.45, 7) is 6.78. The second-order valence-corrected chi connectivity index (χ2v) is 7.46. The lowest BCUT2D eigenvalue weighted by molar-refractivity contribution is 0.851. The molecule has 2 N–H and O–H groups in total. The van der Waals surface area contributed by atoms with Gasteiger partial charge in [0.05, 0.1) is 0 Å². The van der Waals surface area contributed by atoms with E-state index in [9.17, 15) is 0 Å². The summed E-state index contributed by atoms with van der Waals surface area (Å²) in [6.07, 6.45) is 9.99. The Hall–Kier alpha value is -2.54. The average molecular weight is 327 g/mol. The number of nitrogens with two attached hydrogens (primary N) is 1. The molecule has 25 heavy (non-hydrogen) atoms. The number of hydrogen-bond donors (Lipinski definition) is 1. The van der Waals surface area contributed by atoms with E-state index in [0.29, 0.717) is 11.8 Å². The van der Waals surface area contributed by atoms with Crippen LogP contribution in [0.25, 0.3) is 21.5 Å². The molecule has 1 atom stereocenters. The lowest BCUT2D eigenvalue weighted by Gasteiger charge is -2.22. The van der Waals surface area contributed by atoms with Crippen LogP contribution in [0.2, 0.25) is 0 Å². The zero-order valence-electron chi connectivity index (χ0n) is 15.2. The van der Waals surface area contributed by atoms with Gasteiger partial charge in [-0.2, -0.15) is 0 Å². The SMILES string of the molecule is Cc1c(C2C=CC=CC2)c2cc(C(C)C)ccc2c2ccc(N)cc12. The summed E-state index contributed by atoms with van der Waals surface area (Å²) in [5.41, 5.74) is 11.2. The third-order valence-electron chi connectivity index (χ3n) is 5.49. The second kappa shape index (κ2) is 6.07. The number of hydrogen-bond acceptors (Lipinski definition) is 1. The predicted molar refractivity (Wildman–Crippen MR) is 110 cm³/mol. The van der Waals surface area contributed by atoms with Gasteiger partial charge >= 0.3 is 0 Å². The molecule has 4 rings (SSSR count). The van der Waals surface area contributed by atoms with E-state index >= 15 is 0 Å². The van der Waals surface area contributed by atoms with Crippen LogP contribution in [0.15, 0.2) is 60.7 Å². The van der Waals surface area contributed by atoms with Crippen LogP contribution in [-0.4, -0.2) is 0 Å². The predicted octanol–water partition coefficient (Wildman–Crippen LogP) is 6.61. The smallest absolute Gasteiger partial charge is 0.0320 e. The maximum Gasteiger partial charge on any atom is 0.0320 e. The molecule has 0 spiro atoms. The van der Waals surface area contributed by atoms with Crippen molar-refractivity contribution in [1.82, 2.24) is 0 Å². The quantitative estimate of drug-likeness (QED) is 0.416. The molecule has 3 aromatic rings. The molecule has 1 heteroatoms. The number of allylic oxidation sites excluding steroid dienone is 4. The van der Waals surface area contributed by atoms with E-state index < -0.39 is 0 Å². The average Bonchev–Trinajstić information content (AvgIpc) is 2.62. The van der Waals surface area contributed by atoms with Gasteiger partial charge in [-0.3, -0.25) is 0 Å². The summed E-state index contributed by atoms with van der Waals surface area (Å²) < 4.78 is 0. The Balaban J connectivity index is 2.13. The summed E-state index contributed by atoms with van der Waals surface area (Å²) in [4.78, 5) is 0. The zero-order valence-corrected chi connectivity index (χ0v) is 15.2. The molecule has 1 aliphatic carbocycles. The molecule has 0 fully saturated rings. The highest BCUT2D eigenvalue weighted by atomic mass is 14.5. The summed E-state index contributed by atoms with van der Waals surface area (Å²) >= 11 is 0. The van der Waals surface area contributed by atoms with Gasteiger partial charge in [0.2, 0.25) is 0 Å². The largest absolute Gasteiger partial charge is 0.399 e. The number of anilines is 1. The van der Waals surface area contributed by atoms with Gasteiger partial charge in [-0.25, -0.2) is 0 Å². The van der Waals surface area contributed by atoms with Crippen molar-refractivity contribution in [3.63, 3.8) is 0 Å². The van der Waals surface area contributed by atoms with Crippen LogP contribution in [0.1, 0.15) is 48.8 Å². The molecule has 1 nitrogen and oxygen atoms in total. The normalized spacial score (nSPS) is 17.0. The molecule has 0 saturated carbocycles. The first-order valence-corrected chi connectivity index (χ1v) is 9.15. The van der Waals surface area contributed by atoms with Crippen LogP contribution in [0.5, 0.6) is 0 Å². The van der Waals surface area contributed by atoms with Crippen LogP contribution in [0, 0.1) is 6.92 Å². The van der Waals surface area contributed by atoms with Gasteiger partial charge in [0, 0.05) is 11.6 Å². The molecule has 1 aliphatic rings. The molecule has 0 aromatic heterocycles. The van der Waals surface area contributed by atoms with E-state index in [1.807, 2.05) is 6.07 Å². The highest BCUT2D eigenvalue weighted by molar-refractivity contribution is 6.11. The zero-order chi connectivity index (χ0) is 17.6. The Morgan fingerprint density at radius 2 is 1.68 bits per heavy atom. The minimum absolute atomic E-state index is 0.431. The van der Waals surface area contributed by atoms with Gasteiger partial charge < -0.3 is 5.73 Å². The Bertz CT molecular complexity index is 1020. The molecule has 0 radical (unpaired) electrons. The Labute approximate surface area is 149 Å². The van der Waals surface area contributed by atoms with Crippen molar-refractivity contribution in [3.8, 4) is 0 Å². The number of nitrogen functional groups attached to an aromatic ring is 1. The first-order valence-electron chi connectivity index (χ1n) is 9.15. The van der Waals surface area contributed by atoms with Gasteiger partial charge in [-0.05, 0) is 69.6 Å². The third-order valence-corrected chi connectivity index (χ3v) is 5.49. The molecule has 0 amide bonds. The van der Waals surface area contributed by atoms with Gasteiger partial charge in [0.25, 0.3) is 0 Å². The molecular formula is C24H25N. The van der Waals surface area contributed by atoms with Crippen molar-refractivity contribution in [1.29, 1.82) is 0 Å². The van der Waals surface area contributed by atoms with Crippen molar-refractivity contribution in [2.75, 3.05) is 5.73 Å². The fourth-order valence-electron chi connectivity index (χ4n) is 4.11. The van der Waals surface area contributed by atoms with Crippen molar-refractivity contribution in [2.24, 2.45) is 0 Å². The van der Waals surface area contributed by atoms with Crippen LogP contribution >= 0.6 is 0 Å². The molecule has 3 aromatic carbocycles. The lowest BCUT2D eigenvalue weighted by atomic mass is 9.82. The third kappa shape index (κ3) is 2.64. The van der Waals surface area contributed by atoms with Gasteiger partial charge in [-0.15, -0.1) is 0 Å². The topological polar surface area (TPSA) is 26.0 Å². The maximum atomic E-state index is 6.10. The Morgan fingerprint density at radius 3 is 2.40 bits per heavy atom. The Kier molecular flexibility index (Phi) is 3.88. The summed E-state index contributed by atoms with van der Waals surface area (Å²) in [5, 5.41) is 5.31. The van der Waals surface area contributed by atoms with Crippen molar-refractivity contribution in [2.45, 2.75) is 39.0 Å². The van der Waals surface area contributed by atoms with Gasteiger partial charge in [0.15, 0.2) is 0 Å². The van der Waals surface area contributed by atoms with Crippen molar-refractivity contribution >= 4 is 27.2 Å². The van der Waals surface area contributed by atoms with Crippen LogP contribution in [0.4, 0.5) is 5.69 Å².